The normalized spacial score (nSPS) is 13.1. The molecule has 1 aliphatic rings. The Morgan fingerprint density at radius 3 is 1.91 bits per heavy atom. The van der Waals surface area contributed by atoms with Gasteiger partial charge in [-0.3, -0.25) is 4.98 Å². The van der Waals surface area contributed by atoms with E-state index < -0.39 is 0 Å². The van der Waals surface area contributed by atoms with Gasteiger partial charge in [0.1, 0.15) is 0 Å². The van der Waals surface area contributed by atoms with Crippen LogP contribution >= 0.6 is 0 Å². The minimum Gasteiger partial charge on any atom is -0.264 e. The number of rotatable bonds is 4. The SMILES string of the molecule is CC1(C)c2ccccc2-c2cc3c(ccc4cc(-c5cc(-c6ccccc6)nc(-c6ccccc6-c6cccnc6)n5)ccc43)cc21. The highest BCUT2D eigenvalue weighted by Crippen LogP contribution is 2.50. The zero-order valence-corrected chi connectivity index (χ0v) is 26.3. The van der Waals surface area contributed by atoms with Crippen molar-refractivity contribution >= 4 is 21.5 Å². The zero-order chi connectivity index (χ0) is 31.5. The lowest BCUT2D eigenvalue weighted by Crippen LogP contribution is -2.14. The summed E-state index contributed by atoms with van der Waals surface area (Å²) in [5.74, 6) is 0.691. The maximum absolute atomic E-state index is 5.21. The number of aromatic nitrogens is 3. The van der Waals surface area contributed by atoms with Gasteiger partial charge in [0.05, 0.1) is 11.4 Å². The van der Waals surface area contributed by atoms with E-state index >= 15 is 0 Å². The van der Waals surface area contributed by atoms with Gasteiger partial charge in [-0.15, -0.1) is 0 Å². The quantitative estimate of drug-likeness (QED) is 0.188. The molecule has 6 aromatic carbocycles. The van der Waals surface area contributed by atoms with Crippen molar-refractivity contribution in [2.45, 2.75) is 19.3 Å². The molecule has 3 nitrogen and oxygen atoms in total. The van der Waals surface area contributed by atoms with Gasteiger partial charge in [-0.1, -0.05) is 123 Å². The van der Waals surface area contributed by atoms with E-state index in [0.29, 0.717) is 5.82 Å². The second kappa shape index (κ2) is 10.6. The van der Waals surface area contributed by atoms with Crippen LogP contribution in [0.15, 0.2) is 152 Å². The number of pyridine rings is 1. The van der Waals surface area contributed by atoms with E-state index in [1.807, 2.05) is 24.4 Å². The molecular formula is C44H31N3. The van der Waals surface area contributed by atoms with Gasteiger partial charge in [0.2, 0.25) is 0 Å². The van der Waals surface area contributed by atoms with Crippen molar-refractivity contribution in [1.82, 2.24) is 15.0 Å². The molecular weight excluding hydrogens is 571 g/mol. The summed E-state index contributed by atoms with van der Waals surface area (Å²) in [6, 6.07) is 49.7. The standard InChI is InChI=1S/C44H31N3/c1-44(2)39-17-9-8-15-35(39)38-25-37-30(24-40(38)44)19-18-29-23-31(20-21-34(29)37)42-26-41(28-11-4-3-5-12-28)46-43(47-42)36-16-7-6-14-33(36)32-13-10-22-45-27-32/h3-27H,1-2H3. The Bertz CT molecular complexity index is 2480. The Balaban J connectivity index is 1.22. The number of fused-ring (bicyclic) bond motifs is 6. The number of hydrogen-bond acceptors (Lipinski definition) is 3. The van der Waals surface area contributed by atoms with Crippen molar-refractivity contribution in [3.8, 4) is 56.2 Å². The summed E-state index contributed by atoms with van der Waals surface area (Å²) in [6.45, 7) is 4.68. The van der Waals surface area contributed by atoms with Crippen molar-refractivity contribution < 1.29 is 0 Å². The van der Waals surface area contributed by atoms with Gasteiger partial charge < -0.3 is 0 Å². The van der Waals surface area contributed by atoms with Gasteiger partial charge in [-0.05, 0) is 79.7 Å². The van der Waals surface area contributed by atoms with Crippen LogP contribution in [-0.4, -0.2) is 15.0 Å². The van der Waals surface area contributed by atoms with Gasteiger partial charge in [-0.25, -0.2) is 9.97 Å². The molecule has 0 saturated heterocycles. The van der Waals surface area contributed by atoms with Crippen LogP contribution in [0.5, 0.6) is 0 Å². The molecule has 0 bridgehead atoms. The van der Waals surface area contributed by atoms with E-state index in [9.17, 15) is 0 Å². The Morgan fingerprint density at radius 2 is 1.13 bits per heavy atom. The van der Waals surface area contributed by atoms with E-state index in [2.05, 4.69) is 140 Å². The first-order chi connectivity index (χ1) is 23.0. The fourth-order valence-electron chi connectivity index (χ4n) is 7.34. The first-order valence-corrected chi connectivity index (χ1v) is 16.1. The molecule has 3 heteroatoms. The van der Waals surface area contributed by atoms with Crippen LogP contribution in [0.3, 0.4) is 0 Å². The highest BCUT2D eigenvalue weighted by atomic mass is 14.9. The minimum atomic E-state index is -0.0181. The lowest BCUT2D eigenvalue weighted by Gasteiger charge is -2.21. The van der Waals surface area contributed by atoms with Crippen LogP contribution in [0.4, 0.5) is 0 Å². The average Bonchev–Trinajstić information content (AvgIpc) is 3.36. The molecule has 0 spiro atoms. The third-order valence-corrected chi connectivity index (χ3v) is 9.77. The molecule has 9 rings (SSSR count). The third-order valence-electron chi connectivity index (χ3n) is 9.77. The van der Waals surface area contributed by atoms with Gasteiger partial charge in [0.25, 0.3) is 0 Å². The van der Waals surface area contributed by atoms with Crippen molar-refractivity contribution in [3.05, 3.63) is 163 Å². The summed E-state index contributed by atoms with van der Waals surface area (Å²) in [5.41, 5.74) is 12.4. The van der Waals surface area contributed by atoms with Crippen LogP contribution < -0.4 is 0 Å². The van der Waals surface area contributed by atoms with E-state index in [-0.39, 0.29) is 5.41 Å². The zero-order valence-electron chi connectivity index (χ0n) is 26.3. The summed E-state index contributed by atoms with van der Waals surface area (Å²) in [4.78, 5) is 14.7. The fraction of sp³-hybridized carbons (Fsp3) is 0.0682. The molecule has 0 aliphatic heterocycles. The van der Waals surface area contributed by atoms with Gasteiger partial charge >= 0.3 is 0 Å². The van der Waals surface area contributed by atoms with Crippen molar-refractivity contribution in [3.63, 3.8) is 0 Å². The van der Waals surface area contributed by atoms with Gasteiger partial charge in [0.15, 0.2) is 5.82 Å². The molecule has 0 amide bonds. The Hall–Kier alpha value is -5.93. The number of hydrogen-bond donors (Lipinski definition) is 0. The summed E-state index contributed by atoms with van der Waals surface area (Å²) in [6.07, 6.45) is 3.69. The van der Waals surface area contributed by atoms with Crippen molar-refractivity contribution in [2.24, 2.45) is 0 Å². The van der Waals surface area contributed by atoms with E-state index in [1.165, 1.54) is 43.8 Å². The Morgan fingerprint density at radius 1 is 0.447 bits per heavy atom. The number of benzene rings is 6. The molecule has 0 N–H and O–H groups in total. The first-order valence-electron chi connectivity index (χ1n) is 16.1. The van der Waals surface area contributed by atoms with E-state index in [0.717, 1.165) is 39.2 Å². The molecule has 0 saturated carbocycles. The fourth-order valence-corrected chi connectivity index (χ4v) is 7.34. The topological polar surface area (TPSA) is 38.7 Å². The smallest absolute Gasteiger partial charge is 0.161 e. The molecule has 222 valence electrons. The first kappa shape index (κ1) is 27.4. The monoisotopic (exact) mass is 601 g/mol. The summed E-state index contributed by atoms with van der Waals surface area (Å²) >= 11 is 0. The Labute approximate surface area is 274 Å². The Kier molecular flexibility index (Phi) is 6.16. The molecule has 2 heterocycles. The highest BCUT2D eigenvalue weighted by molar-refractivity contribution is 6.10. The predicted octanol–water partition coefficient (Wildman–Crippen LogP) is 11.2. The summed E-state index contributed by atoms with van der Waals surface area (Å²) in [5, 5.41) is 4.99. The lowest BCUT2D eigenvalue weighted by atomic mass is 9.81. The van der Waals surface area contributed by atoms with Crippen LogP contribution in [0.2, 0.25) is 0 Å². The molecule has 0 unspecified atom stereocenters. The molecule has 47 heavy (non-hydrogen) atoms. The number of nitrogens with zero attached hydrogens (tertiary/aromatic N) is 3. The second-order valence-corrected chi connectivity index (χ2v) is 12.9. The third kappa shape index (κ3) is 4.46. The molecule has 0 atom stereocenters. The maximum atomic E-state index is 5.21. The van der Waals surface area contributed by atoms with E-state index in [1.54, 1.807) is 6.20 Å². The van der Waals surface area contributed by atoms with E-state index in [4.69, 9.17) is 9.97 Å². The van der Waals surface area contributed by atoms with Crippen LogP contribution in [0.25, 0.3) is 77.7 Å². The molecule has 0 radical (unpaired) electrons. The lowest BCUT2D eigenvalue weighted by molar-refractivity contribution is 0.661. The summed E-state index contributed by atoms with van der Waals surface area (Å²) in [7, 11) is 0. The molecule has 0 fully saturated rings. The average molecular weight is 602 g/mol. The highest BCUT2D eigenvalue weighted by Gasteiger charge is 2.35. The minimum absolute atomic E-state index is 0.0181. The van der Waals surface area contributed by atoms with Crippen LogP contribution in [0, 0.1) is 0 Å². The largest absolute Gasteiger partial charge is 0.264 e. The molecule has 8 aromatic rings. The van der Waals surface area contributed by atoms with Crippen LogP contribution in [-0.2, 0) is 5.41 Å². The molecule has 2 aromatic heterocycles. The second-order valence-electron chi connectivity index (χ2n) is 12.9. The van der Waals surface area contributed by atoms with Crippen molar-refractivity contribution in [2.75, 3.05) is 0 Å². The molecule has 1 aliphatic carbocycles. The van der Waals surface area contributed by atoms with Gasteiger partial charge in [-0.2, -0.15) is 0 Å². The van der Waals surface area contributed by atoms with Crippen LogP contribution in [0.1, 0.15) is 25.0 Å². The van der Waals surface area contributed by atoms with Gasteiger partial charge in [0, 0.05) is 40.1 Å². The summed E-state index contributed by atoms with van der Waals surface area (Å²) < 4.78 is 0. The predicted molar refractivity (Wildman–Crippen MR) is 194 cm³/mol. The maximum Gasteiger partial charge on any atom is 0.161 e. The van der Waals surface area contributed by atoms with Crippen molar-refractivity contribution in [1.29, 1.82) is 0 Å².